The Balaban J connectivity index is 1.74. The predicted octanol–water partition coefficient (Wildman–Crippen LogP) is 5.01. The van der Waals surface area contributed by atoms with E-state index in [9.17, 15) is 9.18 Å². The molecule has 0 aliphatic carbocycles. The Morgan fingerprint density at radius 2 is 2.00 bits per heavy atom. The molecular weight excluding hydrogens is 363 g/mol. The fourth-order valence-corrected chi connectivity index (χ4v) is 3.21. The maximum atomic E-state index is 13.7. The Bertz CT molecular complexity index is 939. The molecule has 2 aromatic carbocycles. The van der Waals surface area contributed by atoms with Crippen LogP contribution in [0.25, 0.3) is 10.6 Å². The van der Waals surface area contributed by atoms with E-state index in [1.54, 1.807) is 35.5 Å². The van der Waals surface area contributed by atoms with E-state index in [2.05, 4.69) is 4.98 Å². The highest BCUT2D eigenvalue weighted by Gasteiger charge is 2.18. The van der Waals surface area contributed by atoms with Crippen LogP contribution in [0.15, 0.2) is 53.9 Å². The van der Waals surface area contributed by atoms with Crippen molar-refractivity contribution in [2.24, 2.45) is 0 Å². The lowest BCUT2D eigenvalue weighted by Gasteiger charge is -2.19. The van der Waals surface area contributed by atoms with Crippen molar-refractivity contribution in [3.8, 4) is 16.3 Å². The molecule has 0 bridgehead atoms. The van der Waals surface area contributed by atoms with Gasteiger partial charge in [0.25, 0.3) is 5.91 Å². The van der Waals surface area contributed by atoms with Crippen molar-refractivity contribution in [1.82, 2.24) is 9.88 Å². The molecule has 0 saturated carbocycles. The molecule has 4 nitrogen and oxygen atoms in total. The van der Waals surface area contributed by atoms with Crippen LogP contribution < -0.4 is 4.74 Å². The number of halogens is 1. The summed E-state index contributed by atoms with van der Waals surface area (Å²) in [5.41, 5.74) is 1.79. The molecule has 0 spiro atoms. The quantitative estimate of drug-likeness (QED) is 0.600. The average molecular weight is 384 g/mol. The molecular formula is C21H21FN2O2S. The van der Waals surface area contributed by atoms with Crippen LogP contribution in [0, 0.1) is 5.82 Å². The maximum Gasteiger partial charge on any atom is 0.273 e. The van der Waals surface area contributed by atoms with Crippen LogP contribution >= 0.6 is 11.3 Å². The van der Waals surface area contributed by atoms with Crippen molar-refractivity contribution in [2.45, 2.75) is 26.5 Å². The Morgan fingerprint density at radius 3 is 2.74 bits per heavy atom. The molecule has 140 valence electrons. The molecule has 0 aliphatic rings. The summed E-state index contributed by atoms with van der Waals surface area (Å²) >= 11 is 1.41. The number of rotatable bonds is 6. The number of hydrogen-bond acceptors (Lipinski definition) is 4. The van der Waals surface area contributed by atoms with Gasteiger partial charge in [0.1, 0.15) is 28.9 Å². The third kappa shape index (κ3) is 4.52. The average Bonchev–Trinajstić information content (AvgIpc) is 3.16. The number of aromatic nitrogens is 1. The summed E-state index contributed by atoms with van der Waals surface area (Å²) in [6, 6.07) is 14.1. The molecule has 0 saturated heterocycles. The Kier molecular flexibility index (Phi) is 5.86. The van der Waals surface area contributed by atoms with E-state index in [1.807, 2.05) is 38.1 Å². The van der Waals surface area contributed by atoms with Gasteiger partial charge in [-0.3, -0.25) is 4.79 Å². The predicted molar refractivity (Wildman–Crippen MR) is 106 cm³/mol. The van der Waals surface area contributed by atoms with Gasteiger partial charge in [-0.1, -0.05) is 30.3 Å². The number of hydrogen-bond donors (Lipinski definition) is 0. The fraction of sp³-hybridized carbons (Fsp3) is 0.238. The van der Waals surface area contributed by atoms with Gasteiger partial charge in [-0.25, -0.2) is 9.37 Å². The second-order valence-corrected chi connectivity index (χ2v) is 7.31. The van der Waals surface area contributed by atoms with E-state index in [0.29, 0.717) is 17.0 Å². The smallest absolute Gasteiger partial charge is 0.273 e. The number of amides is 1. The van der Waals surface area contributed by atoms with E-state index in [1.165, 1.54) is 17.4 Å². The molecule has 3 aromatic rings. The molecule has 1 heterocycles. The van der Waals surface area contributed by atoms with E-state index in [0.717, 1.165) is 10.6 Å². The van der Waals surface area contributed by atoms with Gasteiger partial charge in [-0.05, 0) is 32.0 Å². The molecule has 6 heteroatoms. The first-order valence-electron chi connectivity index (χ1n) is 8.65. The van der Waals surface area contributed by atoms with Crippen LogP contribution in [-0.2, 0) is 6.61 Å². The lowest BCUT2D eigenvalue weighted by molar-refractivity contribution is 0.0750. The molecule has 3 rings (SSSR count). The van der Waals surface area contributed by atoms with Crippen LogP contribution in [0.3, 0.4) is 0 Å². The Morgan fingerprint density at radius 1 is 1.22 bits per heavy atom. The monoisotopic (exact) mass is 384 g/mol. The molecule has 0 unspecified atom stereocenters. The third-order valence-corrected chi connectivity index (χ3v) is 5.14. The highest BCUT2D eigenvalue weighted by atomic mass is 32.1. The highest BCUT2D eigenvalue weighted by Crippen LogP contribution is 2.28. The molecule has 0 fully saturated rings. The van der Waals surface area contributed by atoms with Crippen LogP contribution in [0.2, 0.25) is 0 Å². The van der Waals surface area contributed by atoms with Crippen molar-refractivity contribution in [1.29, 1.82) is 0 Å². The first-order chi connectivity index (χ1) is 13.0. The van der Waals surface area contributed by atoms with Crippen LogP contribution in [0.5, 0.6) is 5.75 Å². The van der Waals surface area contributed by atoms with Crippen LogP contribution in [0.1, 0.15) is 29.9 Å². The maximum absolute atomic E-state index is 13.7. The van der Waals surface area contributed by atoms with Gasteiger partial charge in [0.2, 0.25) is 0 Å². The SMILES string of the molecule is CC(C)N(C)C(=O)c1csc(-c2cccc(OCc3ccccc3F)c2)n1. The van der Waals surface area contributed by atoms with E-state index in [-0.39, 0.29) is 24.4 Å². The zero-order valence-corrected chi connectivity index (χ0v) is 16.3. The summed E-state index contributed by atoms with van der Waals surface area (Å²) in [7, 11) is 1.77. The lowest BCUT2D eigenvalue weighted by Crippen LogP contribution is -2.33. The second-order valence-electron chi connectivity index (χ2n) is 6.46. The lowest BCUT2D eigenvalue weighted by atomic mass is 10.2. The summed E-state index contributed by atoms with van der Waals surface area (Å²) in [5, 5.41) is 2.51. The number of benzene rings is 2. The minimum absolute atomic E-state index is 0.0977. The van der Waals surface area contributed by atoms with Gasteiger partial charge < -0.3 is 9.64 Å². The molecule has 27 heavy (non-hydrogen) atoms. The molecule has 0 atom stereocenters. The normalized spacial score (nSPS) is 10.9. The zero-order chi connectivity index (χ0) is 19.4. The van der Waals surface area contributed by atoms with Crippen molar-refractivity contribution < 1.29 is 13.9 Å². The summed E-state index contributed by atoms with van der Waals surface area (Å²) < 4.78 is 19.4. The molecule has 1 amide bonds. The standard InChI is InChI=1S/C21H21FN2O2S/c1-14(2)24(3)21(25)19-13-27-20(23-19)15-8-6-9-17(11-15)26-12-16-7-4-5-10-18(16)22/h4-11,13-14H,12H2,1-3H3. The summed E-state index contributed by atoms with van der Waals surface area (Å²) in [4.78, 5) is 18.5. The molecule has 0 aliphatic heterocycles. The zero-order valence-electron chi connectivity index (χ0n) is 15.5. The van der Waals surface area contributed by atoms with Gasteiger partial charge in [0.05, 0.1) is 0 Å². The number of thiazole rings is 1. The van der Waals surface area contributed by atoms with E-state index >= 15 is 0 Å². The van der Waals surface area contributed by atoms with Crippen molar-refractivity contribution >= 4 is 17.2 Å². The second kappa shape index (κ2) is 8.31. The topological polar surface area (TPSA) is 42.4 Å². The molecule has 0 N–H and O–H groups in total. The van der Waals surface area contributed by atoms with Gasteiger partial charge >= 0.3 is 0 Å². The van der Waals surface area contributed by atoms with Gasteiger partial charge in [0, 0.05) is 29.6 Å². The van der Waals surface area contributed by atoms with Gasteiger partial charge in [-0.2, -0.15) is 0 Å². The van der Waals surface area contributed by atoms with Crippen LogP contribution in [-0.4, -0.2) is 28.9 Å². The van der Waals surface area contributed by atoms with Crippen molar-refractivity contribution in [3.05, 3.63) is 71.0 Å². The van der Waals surface area contributed by atoms with Crippen molar-refractivity contribution in [3.63, 3.8) is 0 Å². The Hall–Kier alpha value is -2.73. The largest absolute Gasteiger partial charge is 0.489 e. The first-order valence-corrected chi connectivity index (χ1v) is 9.53. The number of carbonyl (C=O) groups excluding carboxylic acids is 1. The van der Waals surface area contributed by atoms with Crippen molar-refractivity contribution in [2.75, 3.05) is 7.05 Å². The Labute approximate surface area is 162 Å². The van der Waals surface area contributed by atoms with E-state index < -0.39 is 0 Å². The van der Waals surface area contributed by atoms with Gasteiger partial charge in [0.15, 0.2) is 0 Å². The summed E-state index contributed by atoms with van der Waals surface area (Å²) in [6.45, 7) is 4.07. The number of nitrogens with zero attached hydrogens (tertiary/aromatic N) is 2. The third-order valence-electron chi connectivity index (χ3n) is 4.25. The minimum atomic E-state index is -0.286. The first kappa shape index (κ1) is 19.0. The van der Waals surface area contributed by atoms with Gasteiger partial charge in [-0.15, -0.1) is 11.3 Å². The summed E-state index contributed by atoms with van der Waals surface area (Å²) in [6.07, 6.45) is 0. The summed E-state index contributed by atoms with van der Waals surface area (Å²) in [5.74, 6) is 0.239. The van der Waals surface area contributed by atoms with Crippen LogP contribution in [0.4, 0.5) is 4.39 Å². The minimum Gasteiger partial charge on any atom is -0.489 e. The van der Waals surface area contributed by atoms with E-state index in [4.69, 9.17) is 4.74 Å². The number of carbonyl (C=O) groups is 1. The fourth-order valence-electron chi connectivity index (χ4n) is 2.42. The number of ether oxygens (including phenoxy) is 1. The molecule has 1 aromatic heterocycles. The molecule has 0 radical (unpaired) electrons. The highest BCUT2D eigenvalue weighted by molar-refractivity contribution is 7.13.